The number of likely N-dealkylation sites (tertiary alicyclic amines) is 1. The highest BCUT2D eigenvalue weighted by Crippen LogP contribution is 2.46. The maximum Gasteiger partial charge on any atom is 0.315 e. The monoisotopic (exact) mass is 459 g/mol. The van der Waals surface area contributed by atoms with Crippen molar-refractivity contribution in [1.82, 2.24) is 15.5 Å². The molecule has 3 atom stereocenters. The van der Waals surface area contributed by atoms with E-state index in [1.807, 2.05) is 68.4 Å². The Morgan fingerprint density at radius 3 is 2.59 bits per heavy atom. The van der Waals surface area contributed by atoms with Crippen LogP contribution in [0.1, 0.15) is 37.8 Å². The van der Waals surface area contributed by atoms with E-state index in [1.54, 1.807) is 0 Å². The number of benzene rings is 2. The number of fused-ring (bicyclic) bond motifs is 2. The molecule has 1 fully saturated rings. The summed E-state index contributed by atoms with van der Waals surface area (Å²) in [4.78, 5) is 40.7. The van der Waals surface area contributed by atoms with Gasteiger partial charge in [0.25, 0.3) is 0 Å². The van der Waals surface area contributed by atoms with Crippen LogP contribution in [0, 0.1) is 17.2 Å². The van der Waals surface area contributed by atoms with Gasteiger partial charge < -0.3 is 20.9 Å². The number of hydrogen-bond acceptors (Lipinski definition) is 4. The number of rotatable bonds is 6. The highest BCUT2D eigenvalue weighted by molar-refractivity contribution is 6.07. The van der Waals surface area contributed by atoms with Crippen LogP contribution in [0.4, 0.5) is 10.5 Å². The summed E-state index contributed by atoms with van der Waals surface area (Å²) < 4.78 is 0. The molecule has 2 aromatic carbocycles. The Kier molecular flexibility index (Phi) is 6.55. The third kappa shape index (κ3) is 4.46. The zero-order valence-electron chi connectivity index (χ0n) is 19.4. The fourth-order valence-electron chi connectivity index (χ4n) is 4.87. The lowest BCUT2D eigenvalue weighted by Crippen LogP contribution is -2.53. The molecule has 0 aromatic heterocycles. The second-order valence-corrected chi connectivity index (χ2v) is 9.39. The molecule has 2 aliphatic rings. The van der Waals surface area contributed by atoms with Gasteiger partial charge in [-0.05, 0) is 29.5 Å². The molecule has 2 aliphatic heterocycles. The van der Waals surface area contributed by atoms with Gasteiger partial charge in [-0.25, -0.2) is 4.79 Å². The SMILES string of the molecule is CC(C)C[C@H](NC(=O)NCc1ccccc1)C(=O)N1C[C@]2(C[C@H]1C#N)C(=O)Nc1ccccc12. The van der Waals surface area contributed by atoms with Crippen molar-refractivity contribution in [2.45, 2.75) is 50.7 Å². The van der Waals surface area contributed by atoms with Crippen molar-refractivity contribution < 1.29 is 14.4 Å². The molecular weight excluding hydrogens is 430 g/mol. The summed E-state index contributed by atoms with van der Waals surface area (Å²) in [5.41, 5.74) is 1.52. The number of para-hydroxylation sites is 1. The van der Waals surface area contributed by atoms with Crippen molar-refractivity contribution in [3.05, 3.63) is 65.7 Å². The largest absolute Gasteiger partial charge is 0.334 e. The molecule has 0 bridgehead atoms. The van der Waals surface area contributed by atoms with Gasteiger partial charge in [-0.2, -0.15) is 5.26 Å². The molecule has 34 heavy (non-hydrogen) atoms. The number of nitrogens with one attached hydrogen (secondary N) is 3. The van der Waals surface area contributed by atoms with Crippen LogP contribution in [0.15, 0.2) is 54.6 Å². The Labute approximate surface area is 199 Å². The first-order valence-corrected chi connectivity index (χ1v) is 11.5. The minimum absolute atomic E-state index is 0.106. The number of amides is 4. The summed E-state index contributed by atoms with van der Waals surface area (Å²) in [6, 6.07) is 17.1. The first-order chi connectivity index (χ1) is 16.3. The number of anilines is 1. The number of carbonyl (C=O) groups is 3. The van der Waals surface area contributed by atoms with E-state index >= 15 is 0 Å². The summed E-state index contributed by atoms with van der Waals surface area (Å²) >= 11 is 0. The summed E-state index contributed by atoms with van der Waals surface area (Å²) in [6.45, 7) is 4.38. The predicted molar refractivity (Wildman–Crippen MR) is 128 cm³/mol. The molecule has 0 saturated carbocycles. The van der Waals surface area contributed by atoms with E-state index in [-0.39, 0.29) is 30.7 Å². The summed E-state index contributed by atoms with van der Waals surface area (Å²) in [5.74, 6) is -0.404. The van der Waals surface area contributed by atoms with Crippen molar-refractivity contribution in [2.75, 3.05) is 11.9 Å². The lowest BCUT2D eigenvalue weighted by molar-refractivity contribution is -0.134. The minimum Gasteiger partial charge on any atom is -0.334 e. The minimum atomic E-state index is -0.954. The molecule has 2 aromatic rings. The Morgan fingerprint density at radius 2 is 1.88 bits per heavy atom. The van der Waals surface area contributed by atoms with E-state index in [1.165, 1.54) is 4.90 Å². The smallest absolute Gasteiger partial charge is 0.315 e. The van der Waals surface area contributed by atoms with E-state index in [0.29, 0.717) is 13.0 Å². The number of carbonyl (C=O) groups excluding carboxylic acids is 3. The molecule has 4 rings (SSSR count). The van der Waals surface area contributed by atoms with Crippen LogP contribution >= 0.6 is 0 Å². The number of urea groups is 1. The fourth-order valence-corrected chi connectivity index (χ4v) is 4.87. The zero-order valence-corrected chi connectivity index (χ0v) is 19.4. The fraction of sp³-hybridized carbons (Fsp3) is 0.385. The second-order valence-electron chi connectivity index (χ2n) is 9.39. The predicted octanol–water partition coefficient (Wildman–Crippen LogP) is 2.92. The molecule has 2 heterocycles. The molecule has 3 N–H and O–H groups in total. The van der Waals surface area contributed by atoms with Crippen LogP contribution in [0.2, 0.25) is 0 Å². The second kappa shape index (κ2) is 9.56. The van der Waals surface area contributed by atoms with E-state index in [2.05, 4.69) is 22.0 Å². The summed E-state index contributed by atoms with van der Waals surface area (Å²) in [5, 5.41) is 18.3. The van der Waals surface area contributed by atoms with Gasteiger partial charge in [0.05, 0.1) is 11.5 Å². The summed E-state index contributed by atoms with van der Waals surface area (Å²) in [6.07, 6.45) is 0.648. The van der Waals surface area contributed by atoms with Crippen LogP contribution in [0.25, 0.3) is 0 Å². The Hall–Kier alpha value is -3.86. The highest BCUT2D eigenvalue weighted by atomic mass is 16.2. The van der Waals surface area contributed by atoms with E-state index in [9.17, 15) is 19.6 Å². The van der Waals surface area contributed by atoms with Crippen LogP contribution < -0.4 is 16.0 Å². The number of hydrogen-bond donors (Lipinski definition) is 3. The molecule has 0 radical (unpaired) electrons. The Morgan fingerprint density at radius 1 is 1.18 bits per heavy atom. The molecule has 176 valence electrons. The van der Waals surface area contributed by atoms with Gasteiger partial charge >= 0.3 is 6.03 Å². The highest BCUT2D eigenvalue weighted by Gasteiger charge is 2.56. The van der Waals surface area contributed by atoms with Crippen molar-refractivity contribution in [3.63, 3.8) is 0 Å². The van der Waals surface area contributed by atoms with Gasteiger partial charge in [0.1, 0.15) is 12.1 Å². The quantitative estimate of drug-likeness (QED) is 0.616. The van der Waals surface area contributed by atoms with Gasteiger partial charge in [0.15, 0.2) is 0 Å². The molecule has 4 amide bonds. The topological polar surface area (TPSA) is 114 Å². The van der Waals surface area contributed by atoms with E-state index < -0.39 is 23.5 Å². The lowest BCUT2D eigenvalue weighted by Gasteiger charge is -2.28. The van der Waals surface area contributed by atoms with Gasteiger partial charge in [-0.15, -0.1) is 0 Å². The van der Waals surface area contributed by atoms with Crippen molar-refractivity contribution in [3.8, 4) is 6.07 Å². The van der Waals surface area contributed by atoms with Gasteiger partial charge in [-0.3, -0.25) is 9.59 Å². The van der Waals surface area contributed by atoms with Gasteiger partial charge in [-0.1, -0.05) is 62.4 Å². The maximum absolute atomic E-state index is 13.6. The number of nitrogens with zero attached hydrogens (tertiary/aromatic N) is 2. The van der Waals surface area contributed by atoms with Crippen molar-refractivity contribution in [2.24, 2.45) is 5.92 Å². The zero-order chi connectivity index (χ0) is 24.3. The molecule has 0 unspecified atom stereocenters. The first kappa shape index (κ1) is 23.3. The van der Waals surface area contributed by atoms with E-state index in [0.717, 1.165) is 16.8 Å². The van der Waals surface area contributed by atoms with Crippen LogP contribution in [0.5, 0.6) is 0 Å². The Bertz CT molecular complexity index is 1130. The van der Waals surface area contributed by atoms with Crippen molar-refractivity contribution >= 4 is 23.5 Å². The molecule has 1 saturated heterocycles. The molecular formula is C26H29N5O3. The van der Waals surface area contributed by atoms with Crippen LogP contribution in [-0.2, 0) is 21.5 Å². The van der Waals surface area contributed by atoms with Gasteiger partial charge in [0, 0.05) is 25.2 Å². The third-order valence-electron chi connectivity index (χ3n) is 6.52. The lowest BCUT2D eigenvalue weighted by atomic mass is 9.80. The van der Waals surface area contributed by atoms with Crippen LogP contribution in [-0.4, -0.2) is 41.4 Å². The number of nitriles is 1. The maximum atomic E-state index is 13.6. The Balaban J connectivity index is 1.51. The van der Waals surface area contributed by atoms with Crippen LogP contribution in [0.3, 0.4) is 0 Å². The summed E-state index contributed by atoms with van der Waals surface area (Å²) in [7, 11) is 0. The first-order valence-electron chi connectivity index (χ1n) is 11.5. The molecule has 8 nitrogen and oxygen atoms in total. The molecule has 0 aliphatic carbocycles. The van der Waals surface area contributed by atoms with E-state index in [4.69, 9.17) is 0 Å². The average Bonchev–Trinajstić information content (AvgIpc) is 3.35. The van der Waals surface area contributed by atoms with Gasteiger partial charge in [0.2, 0.25) is 11.8 Å². The third-order valence-corrected chi connectivity index (χ3v) is 6.52. The standard InChI is InChI=1S/C26H29N5O3/c1-17(2)12-22(30-25(34)28-15-18-8-4-3-5-9-18)23(32)31-16-26(13-19(31)14-27)20-10-6-7-11-21(20)29-24(26)33/h3-11,17,19,22H,12-13,15-16H2,1-2H3,(H,29,33)(H2,28,30,34)/t19-,22-,26-/m0/s1. The normalized spacial score (nSPS) is 21.6. The average molecular weight is 460 g/mol. The molecule has 8 heteroatoms. The van der Waals surface area contributed by atoms with Crippen molar-refractivity contribution in [1.29, 1.82) is 5.26 Å². The molecule has 1 spiro atoms.